The van der Waals surface area contributed by atoms with Crippen molar-refractivity contribution in [3.8, 4) is 0 Å². The molecule has 0 bridgehead atoms. The second-order valence-electron chi connectivity index (χ2n) is 4.38. The fourth-order valence-electron chi connectivity index (χ4n) is 2.01. The molecule has 0 aliphatic carbocycles. The van der Waals surface area contributed by atoms with Gasteiger partial charge in [-0.1, -0.05) is 11.6 Å². The van der Waals surface area contributed by atoms with E-state index < -0.39 is 5.82 Å². The van der Waals surface area contributed by atoms with Gasteiger partial charge in [-0.15, -0.1) is 0 Å². The van der Waals surface area contributed by atoms with E-state index in [1.807, 2.05) is 0 Å². The van der Waals surface area contributed by atoms with Crippen molar-refractivity contribution in [3.05, 3.63) is 29.0 Å². The summed E-state index contributed by atoms with van der Waals surface area (Å²) in [6.45, 7) is 1.54. The zero-order chi connectivity index (χ0) is 12.3. The van der Waals surface area contributed by atoms with Crippen LogP contribution < -0.4 is 16.4 Å². The van der Waals surface area contributed by atoms with Gasteiger partial charge < -0.3 is 11.1 Å². The maximum absolute atomic E-state index is 13.0. The van der Waals surface area contributed by atoms with E-state index in [0.717, 1.165) is 31.6 Å². The minimum absolute atomic E-state index is 0.103. The van der Waals surface area contributed by atoms with Crippen molar-refractivity contribution in [2.75, 3.05) is 18.4 Å². The molecule has 3 N–H and O–H groups in total. The SMILES string of the molecule is NC1C[N]CCC(Nc2ccc(F)c(Cl)c2)C1. The van der Waals surface area contributed by atoms with Crippen LogP contribution in [0.25, 0.3) is 0 Å². The lowest BCUT2D eigenvalue weighted by Crippen LogP contribution is -2.32. The van der Waals surface area contributed by atoms with Crippen molar-refractivity contribution < 1.29 is 4.39 Å². The molecule has 0 aromatic heterocycles. The minimum Gasteiger partial charge on any atom is -0.382 e. The molecular formula is C12H16ClFN3. The molecule has 93 valence electrons. The predicted octanol–water partition coefficient (Wildman–Crippen LogP) is 1.99. The molecule has 0 saturated carbocycles. The third kappa shape index (κ3) is 3.56. The number of nitrogens with two attached hydrogens (primary N) is 1. The Labute approximate surface area is 106 Å². The fraction of sp³-hybridized carbons (Fsp3) is 0.500. The average Bonchev–Trinajstić information content (AvgIpc) is 2.48. The van der Waals surface area contributed by atoms with Gasteiger partial charge in [-0.3, -0.25) is 0 Å². The Morgan fingerprint density at radius 2 is 2.29 bits per heavy atom. The van der Waals surface area contributed by atoms with E-state index in [9.17, 15) is 4.39 Å². The zero-order valence-electron chi connectivity index (χ0n) is 9.50. The Balaban J connectivity index is 2.01. The second-order valence-corrected chi connectivity index (χ2v) is 4.79. The summed E-state index contributed by atoms with van der Waals surface area (Å²) >= 11 is 5.73. The van der Waals surface area contributed by atoms with Crippen LogP contribution in [0.1, 0.15) is 12.8 Å². The Hall–Kier alpha value is -0.840. The maximum atomic E-state index is 13.0. The summed E-state index contributed by atoms with van der Waals surface area (Å²) in [6.07, 6.45) is 1.82. The summed E-state index contributed by atoms with van der Waals surface area (Å²) in [5.74, 6) is -0.398. The van der Waals surface area contributed by atoms with Gasteiger partial charge in [-0.2, -0.15) is 0 Å². The van der Waals surface area contributed by atoms with Gasteiger partial charge >= 0.3 is 0 Å². The largest absolute Gasteiger partial charge is 0.382 e. The van der Waals surface area contributed by atoms with Crippen LogP contribution in [0.5, 0.6) is 0 Å². The number of nitrogens with one attached hydrogen (secondary N) is 1. The smallest absolute Gasteiger partial charge is 0.141 e. The van der Waals surface area contributed by atoms with Crippen molar-refractivity contribution in [1.29, 1.82) is 0 Å². The molecule has 1 heterocycles. The van der Waals surface area contributed by atoms with Crippen LogP contribution in [-0.2, 0) is 0 Å². The van der Waals surface area contributed by atoms with E-state index in [1.165, 1.54) is 6.07 Å². The molecule has 1 aromatic rings. The van der Waals surface area contributed by atoms with E-state index in [0.29, 0.717) is 0 Å². The Morgan fingerprint density at radius 3 is 3.06 bits per heavy atom. The first-order chi connectivity index (χ1) is 8.15. The first-order valence-corrected chi connectivity index (χ1v) is 6.13. The number of anilines is 1. The van der Waals surface area contributed by atoms with E-state index in [1.54, 1.807) is 12.1 Å². The predicted molar refractivity (Wildman–Crippen MR) is 67.9 cm³/mol. The van der Waals surface area contributed by atoms with Crippen LogP contribution in [0.4, 0.5) is 10.1 Å². The first kappa shape index (κ1) is 12.6. The van der Waals surface area contributed by atoms with Gasteiger partial charge in [0.15, 0.2) is 0 Å². The number of halogens is 2. The Kier molecular flexibility index (Phi) is 4.20. The lowest BCUT2D eigenvalue weighted by molar-refractivity contribution is 0.569. The van der Waals surface area contributed by atoms with Crippen molar-refractivity contribution >= 4 is 17.3 Å². The Bertz CT molecular complexity index is 386. The highest BCUT2D eigenvalue weighted by molar-refractivity contribution is 6.31. The van der Waals surface area contributed by atoms with Gasteiger partial charge in [-0.05, 0) is 31.0 Å². The number of hydrogen-bond acceptors (Lipinski definition) is 2. The maximum Gasteiger partial charge on any atom is 0.141 e. The highest BCUT2D eigenvalue weighted by Gasteiger charge is 2.17. The van der Waals surface area contributed by atoms with Crippen LogP contribution in [0.15, 0.2) is 18.2 Å². The van der Waals surface area contributed by atoms with Crippen LogP contribution >= 0.6 is 11.6 Å². The molecule has 2 unspecified atom stereocenters. The quantitative estimate of drug-likeness (QED) is 0.850. The first-order valence-electron chi connectivity index (χ1n) is 5.75. The van der Waals surface area contributed by atoms with Gasteiger partial charge in [0.2, 0.25) is 0 Å². The van der Waals surface area contributed by atoms with E-state index >= 15 is 0 Å². The van der Waals surface area contributed by atoms with Crippen LogP contribution in [-0.4, -0.2) is 25.2 Å². The molecule has 1 aromatic carbocycles. The topological polar surface area (TPSA) is 52.2 Å². The third-order valence-electron chi connectivity index (χ3n) is 2.88. The lowest BCUT2D eigenvalue weighted by atomic mass is 10.1. The molecule has 0 amide bonds. The number of nitrogens with zero attached hydrogens (tertiary/aromatic N) is 1. The van der Waals surface area contributed by atoms with Gasteiger partial charge in [0.05, 0.1) is 5.02 Å². The molecule has 1 fully saturated rings. The summed E-state index contributed by atoms with van der Waals surface area (Å²) in [6, 6.07) is 5.04. The van der Waals surface area contributed by atoms with Crippen LogP contribution in [0, 0.1) is 5.82 Å². The standard InChI is InChI=1S/C12H16ClFN3/c13-11-6-9(1-2-12(11)14)17-10-3-4-16-7-8(15)5-10/h1-2,6,8,10,17H,3-5,7,15H2. The molecule has 17 heavy (non-hydrogen) atoms. The monoisotopic (exact) mass is 256 g/mol. The highest BCUT2D eigenvalue weighted by atomic mass is 35.5. The summed E-state index contributed by atoms with van der Waals surface area (Å²) in [5.41, 5.74) is 6.74. The summed E-state index contributed by atoms with van der Waals surface area (Å²) in [4.78, 5) is 0. The molecule has 5 heteroatoms. The number of rotatable bonds is 2. The molecule has 1 radical (unpaired) electrons. The van der Waals surface area contributed by atoms with Gasteiger partial charge in [-0.25, -0.2) is 9.71 Å². The van der Waals surface area contributed by atoms with E-state index in [-0.39, 0.29) is 17.1 Å². The third-order valence-corrected chi connectivity index (χ3v) is 3.17. The molecule has 1 aliphatic rings. The molecule has 0 spiro atoms. The molecule has 2 atom stereocenters. The van der Waals surface area contributed by atoms with Gasteiger partial charge in [0.25, 0.3) is 0 Å². The van der Waals surface area contributed by atoms with Gasteiger partial charge in [0, 0.05) is 30.9 Å². The normalized spacial score (nSPS) is 25.4. The summed E-state index contributed by atoms with van der Waals surface area (Å²) in [7, 11) is 0. The van der Waals surface area contributed by atoms with Crippen molar-refractivity contribution in [1.82, 2.24) is 5.32 Å². The number of hydrogen-bond donors (Lipinski definition) is 2. The van der Waals surface area contributed by atoms with Crippen LogP contribution in [0.2, 0.25) is 5.02 Å². The highest BCUT2D eigenvalue weighted by Crippen LogP contribution is 2.21. The average molecular weight is 257 g/mol. The second kappa shape index (κ2) is 5.67. The van der Waals surface area contributed by atoms with Gasteiger partial charge in [0.1, 0.15) is 5.82 Å². The minimum atomic E-state index is -0.398. The number of benzene rings is 1. The summed E-state index contributed by atoms with van der Waals surface area (Å²) < 4.78 is 13.0. The zero-order valence-corrected chi connectivity index (χ0v) is 10.3. The Morgan fingerprint density at radius 1 is 1.47 bits per heavy atom. The molecule has 1 aliphatic heterocycles. The molecule has 3 nitrogen and oxygen atoms in total. The van der Waals surface area contributed by atoms with Crippen molar-refractivity contribution in [2.45, 2.75) is 24.9 Å². The summed E-state index contributed by atoms with van der Waals surface area (Å²) in [5, 5.41) is 7.79. The molecule has 2 rings (SSSR count). The van der Waals surface area contributed by atoms with Crippen molar-refractivity contribution in [2.24, 2.45) is 5.73 Å². The fourth-order valence-corrected chi connectivity index (χ4v) is 2.20. The lowest BCUT2D eigenvalue weighted by Gasteiger charge is -2.19. The molecule has 1 saturated heterocycles. The van der Waals surface area contributed by atoms with E-state index in [4.69, 9.17) is 17.3 Å². The van der Waals surface area contributed by atoms with Crippen molar-refractivity contribution in [3.63, 3.8) is 0 Å². The van der Waals surface area contributed by atoms with Crippen LogP contribution in [0.3, 0.4) is 0 Å². The molecular weight excluding hydrogens is 241 g/mol. The van der Waals surface area contributed by atoms with E-state index in [2.05, 4.69) is 10.6 Å².